The quantitative estimate of drug-likeness (QED) is 0.717. The topological polar surface area (TPSA) is 73.9 Å². The second kappa shape index (κ2) is 8.25. The molecular formula is C22H25N5O. The number of H-pyrrole nitrogens is 1. The summed E-state index contributed by atoms with van der Waals surface area (Å²) in [6, 6.07) is 15.6. The van der Waals surface area contributed by atoms with E-state index >= 15 is 0 Å². The molecule has 3 aromatic rings. The summed E-state index contributed by atoms with van der Waals surface area (Å²) in [6.07, 6.45) is 3.87. The Morgan fingerprint density at radius 1 is 1.18 bits per heavy atom. The van der Waals surface area contributed by atoms with Crippen molar-refractivity contribution in [1.29, 1.82) is 0 Å². The minimum atomic E-state index is 0.00901. The standard InChI is InChI=1S/C22H25N5O/c1-16-5-7-18(8-6-16)22(28)24-15-17-9-12-27(13-10-17)21-14-20(25-26-21)19-4-2-3-11-23-19/h2-8,11,14,17H,9-10,12-13,15H2,1H3,(H,24,28)(H,25,26). The number of hydrogen-bond acceptors (Lipinski definition) is 4. The summed E-state index contributed by atoms with van der Waals surface area (Å²) in [6.45, 7) is 4.63. The Morgan fingerprint density at radius 2 is 1.96 bits per heavy atom. The number of hydrogen-bond donors (Lipinski definition) is 2. The summed E-state index contributed by atoms with van der Waals surface area (Å²) in [5, 5.41) is 10.6. The van der Waals surface area contributed by atoms with E-state index in [4.69, 9.17) is 0 Å². The average Bonchev–Trinajstić information content (AvgIpc) is 3.24. The first-order valence-electron chi connectivity index (χ1n) is 9.75. The first kappa shape index (κ1) is 18.2. The fraction of sp³-hybridized carbons (Fsp3) is 0.318. The molecule has 0 atom stereocenters. The van der Waals surface area contributed by atoms with Crippen LogP contribution in [0.5, 0.6) is 0 Å². The predicted molar refractivity (Wildman–Crippen MR) is 110 cm³/mol. The fourth-order valence-corrected chi connectivity index (χ4v) is 3.54. The zero-order valence-electron chi connectivity index (χ0n) is 16.1. The van der Waals surface area contributed by atoms with Gasteiger partial charge < -0.3 is 10.2 Å². The number of nitrogens with one attached hydrogen (secondary N) is 2. The maximum absolute atomic E-state index is 12.3. The Hall–Kier alpha value is -3.15. The highest BCUT2D eigenvalue weighted by Crippen LogP contribution is 2.24. The van der Waals surface area contributed by atoms with Crippen LogP contribution in [0.15, 0.2) is 54.7 Å². The molecule has 28 heavy (non-hydrogen) atoms. The molecule has 0 spiro atoms. The Balaban J connectivity index is 1.27. The van der Waals surface area contributed by atoms with E-state index in [1.54, 1.807) is 6.20 Å². The summed E-state index contributed by atoms with van der Waals surface area (Å²) in [5.41, 5.74) is 3.72. The van der Waals surface area contributed by atoms with Gasteiger partial charge in [0.15, 0.2) is 5.82 Å². The number of carbonyl (C=O) groups excluding carboxylic acids is 1. The predicted octanol–water partition coefficient (Wildman–Crippen LogP) is 3.43. The lowest BCUT2D eigenvalue weighted by Crippen LogP contribution is -2.38. The van der Waals surface area contributed by atoms with Crippen LogP contribution in [-0.2, 0) is 0 Å². The number of benzene rings is 1. The zero-order valence-corrected chi connectivity index (χ0v) is 16.1. The molecule has 3 heterocycles. The van der Waals surface area contributed by atoms with Crippen molar-refractivity contribution in [3.05, 3.63) is 65.9 Å². The third kappa shape index (κ3) is 4.22. The lowest BCUT2D eigenvalue weighted by atomic mass is 9.96. The molecule has 1 aliphatic heterocycles. The smallest absolute Gasteiger partial charge is 0.251 e. The monoisotopic (exact) mass is 375 g/mol. The van der Waals surface area contributed by atoms with E-state index < -0.39 is 0 Å². The molecule has 2 aromatic heterocycles. The minimum Gasteiger partial charge on any atom is -0.355 e. The number of piperidine rings is 1. The molecule has 0 bridgehead atoms. The number of aromatic amines is 1. The van der Waals surface area contributed by atoms with E-state index in [0.717, 1.165) is 60.8 Å². The second-order valence-electron chi connectivity index (χ2n) is 7.36. The van der Waals surface area contributed by atoms with Gasteiger partial charge in [-0.05, 0) is 49.9 Å². The molecule has 6 heteroatoms. The number of amides is 1. The highest BCUT2D eigenvalue weighted by molar-refractivity contribution is 5.94. The summed E-state index contributed by atoms with van der Waals surface area (Å²) < 4.78 is 0. The van der Waals surface area contributed by atoms with Gasteiger partial charge in [-0.15, -0.1) is 0 Å². The molecule has 1 aliphatic rings. The van der Waals surface area contributed by atoms with Gasteiger partial charge in [-0.25, -0.2) is 0 Å². The van der Waals surface area contributed by atoms with Crippen molar-refractivity contribution in [2.75, 3.05) is 24.5 Å². The Bertz CT molecular complexity index is 912. The number of pyridine rings is 1. The van der Waals surface area contributed by atoms with Crippen LogP contribution in [0.3, 0.4) is 0 Å². The van der Waals surface area contributed by atoms with Crippen LogP contribution in [-0.4, -0.2) is 40.7 Å². The minimum absolute atomic E-state index is 0.00901. The van der Waals surface area contributed by atoms with Crippen molar-refractivity contribution in [1.82, 2.24) is 20.5 Å². The summed E-state index contributed by atoms with van der Waals surface area (Å²) in [7, 11) is 0. The molecule has 0 unspecified atom stereocenters. The first-order valence-corrected chi connectivity index (χ1v) is 9.75. The van der Waals surface area contributed by atoms with Gasteiger partial charge in [-0.1, -0.05) is 23.8 Å². The van der Waals surface area contributed by atoms with Crippen LogP contribution >= 0.6 is 0 Å². The van der Waals surface area contributed by atoms with Crippen molar-refractivity contribution < 1.29 is 4.79 Å². The van der Waals surface area contributed by atoms with E-state index in [2.05, 4.69) is 31.5 Å². The number of rotatable bonds is 5. The molecule has 2 N–H and O–H groups in total. The summed E-state index contributed by atoms with van der Waals surface area (Å²) in [5.74, 6) is 1.47. The average molecular weight is 375 g/mol. The number of nitrogens with zero attached hydrogens (tertiary/aromatic N) is 3. The second-order valence-corrected chi connectivity index (χ2v) is 7.36. The van der Waals surface area contributed by atoms with Gasteiger partial charge in [0.1, 0.15) is 0 Å². The van der Waals surface area contributed by atoms with E-state index in [-0.39, 0.29) is 5.91 Å². The van der Waals surface area contributed by atoms with Gasteiger partial charge in [-0.2, -0.15) is 5.10 Å². The molecule has 6 nitrogen and oxygen atoms in total. The van der Waals surface area contributed by atoms with Gasteiger partial charge in [-0.3, -0.25) is 14.9 Å². The maximum Gasteiger partial charge on any atom is 0.251 e. The van der Waals surface area contributed by atoms with Crippen molar-refractivity contribution in [2.45, 2.75) is 19.8 Å². The fourth-order valence-electron chi connectivity index (χ4n) is 3.54. The van der Waals surface area contributed by atoms with Gasteiger partial charge >= 0.3 is 0 Å². The van der Waals surface area contributed by atoms with Gasteiger partial charge in [0, 0.05) is 37.5 Å². The van der Waals surface area contributed by atoms with E-state index in [1.807, 2.05) is 49.4 Å². The first-order chi connectivity index (χ1) is 13.7. The summed E-state index contributed by atoms with van der Waals surface area (Å²) in [4.78, 5) is 18.9. The molecular weight excluding hydrogens is 350 g/mol. The highest BCUT2D eigenvalue weighted by Gasteiger charge is 2.22. The zero-order chi connectivity index (χ0) is 19.3. The number of anilines is 1. The Kier molecular flexibility index (Phi) is 5.37. The van der Waals surface area contributed by atoms with E-state index in [0.29, 0.717) is 5.92 Å². The van der Waals surface area contributed by atoms with Crippen LogP contribution in [0.1, 0.15) is 28.8 Å². The molecule has 1 saturated heterocycles. The SMILES string of the molecule is Cc1ccc(C(=O)NCC2CCN(c3cc(-c4ccccn4)[nH]n3)CC2)cc1. The van der Waals surface area contributed by atoms with Crippen LogP contribution in [0.2, 0.25) is 0 Å². The molecule has 0 aliphatic carbocycles. The summed E-state index contributed by atoms with van der Waals surface area (Å²) >= 11 is 0. The van der Waals surface area contributed by atoms with Crippen molar-refractivity contribution in [3.8, 4) is 11.4 Å². The molecule has 144 valence electrons. The molecule has 1 aromatic carbocycles. The van der Waals surface area contributed by atoms with E-state index in [1.165, 1.54) is 0 Å². The van der Waals surface area contributed by atoms with Crippen LogP contribution in [0.25, 0.3) is 11.4 Å². The number of aromatic nitrogens is 3. The number of carbonyl (C=O) groups is 1. The van der Waals surface area contributed by atoms with E-state index in [9.17, 15) is 4.79 Å². The van der Waals surface area contributed by atoms with Crippen LogP contribution in [0, 0.1) is 12.8 Å². The maximum atomic E-state index is 12.3. The molecule has 4 rings (SSSR count). The van der Waals surface area contributed by atoms with Gasteiger partial charge in [0.2, 0.25) is 0 Å². The van der Waals surface area contributed by atoms with Gasteiger partial charge in [0.05, 0.1) is 11.4 Å². The van der Waals surface area contributed by atoms with Crippen LogP contribution in [0.4, 0.5) is 5.82 Å². The van der Waals surface area contributed by atoms with Crippen molar-refractivity contribution in [2.24, 2.45) is 5.92 Å². The normalized spacial score (nSPS) is 14.8. The highest BCUT2D eigenvalue weighted by atomic mass is 16.1. The third-order valence-electron chi connectivity index (χ3n) is 5.31. The number of aryl methyl sites for hydroxylation is 1. The van der Waals surface area contributed by atoms with Gasteiger partial charge in [0.25, 0.3) is 5.91 Å². The lowest BCUT2D eigenvalue weighted by Gasteiger charge is -2.32. The lowest BCUT2D eigenvalue weighted by molar-refractivity contribution is 0.0945. The largest absolute Gasteiger partial charge is 0.355 e. The van der Waals surface area contributed by atoms with Crippen LogP contribution < -0.4 is 10.2 Å². The molecule has 0 saturated carbocycles. The Morgan fingerprint density at radius 3 is 2.68 bits per heavy atom. The molecule has 0 radical (unpaired) electrons. The Labute approximate surface area is 165 Å². The van der Waals surface area contributed by atoms with Crippen molar-refractivity contribution in [3.63, 3.8) is 0 Å². The molecule has 1 amide bonds. The third-order valence-corrected chi connectivity index (χ3v) is 5.31. The molecule has 1 fully saturated rings. The van der Waals surface area contributed by atoms with Crippen molar-refractivity contribution >= 4 is 11.7 Å².